The number of hydrogen-bond donors (Lipinski definition) is 1. The van der Waals surface area contributed by atoms with Gasteiger partial charge in [-0.3, -0.25) is 14.4 Å². The molecule has 0 aliphatic carbocycles. The molecule has 7 heteroatoms. The third-order valence-electron chi connectivity index (χ3n) is 4.81. The van der Waals surface area contributed by atoms with Crippen LogP contribution in [0.1, 0.15) is 38.7 Å². The number of nitrogens with zero attached hydrogens (tertiary/aromatic N) is 2. The van der Waals surface area contributed by atoms with E-state index in [1.807, 2.05) is 31.2 Å². The molecule has 148 valence electrons. The minimum atomic E-state index is -1.03. The van der Waals surface area contributed by atoms with Crippen molar-refractivity contribution in [1.82, 2.24) is 9.80 Å². The number of ether oxygens (including phenoxy) is 1. The van der Waals surface area contributed by atoms with Crippen molar-refractivity contribution in [2.45, 2.75) is 52.2 Å². The molecule has 2 atom stereocenters. The molecule has 1 aliphatic rings. The fraction of sp³-hybridized carbons (Fsp3) is 0.550. The van der Waals surface area contributed by atoms with Gasteiger partial charge in [-0.05, 0) is 50.8 Å². The molecular weight excluding hydrogens is 348 g/mol. The Balaban J connectivity index is 1.96. The monoisotopic (exact) mass is 376 g/mol. The van der Waals surface area contributed by atoms with Crippen LogP contribution in [0, 0.1) is 6.92 Å². The molecule has 2 amide bonds. The molecule has 2 rings (SSSR count). The first-order chi connectivity index (χ1) is 12.8. The largest absolute Gasteiger partial charge is 0.481 e. The first-order valence-corrected chi connectivity index (χ1v) is 9.29. The number of rotatable bonds is 6. The number of aliphatic carboxylic acids is 1. The van der Waals surface area contributed by atoms with Crippen LogP contribution in [0.25, 0.3) is 0 Å². The molecule has 0 bridgehead atoms. The maximum Gasteiger partial charge on any atom is 0.323 e. The van der Waals surface area contributed by atoms with Crippen LogP contribution in [-0.2, 0) is 14.4 Å². The zero-order chi connectivity index (χ0) is 20.0. The van der Waals surface area contributed by atoms with Crippen LogP contribution in [0.15, 0.2) is 24.3 Å². The summed E-state index contributed by atoms with van der Waals surface area (Å²) in [6.07, 6.45) is 1.36. The summed E-state index contributed by atoms with van der Waals surface area (Å²) in [6, 6.07) is 7.40. The van der Waals surface area contributed by atoms with Crippen molar-refractivity contribution in [3.8, 4) is 5.75 Å². The van der Waals surface area contributed by atoms with E-state index in [0.717, 1.165) is 12.0 Å². The van der Waals surface area contributed by atoms with Gasteiger partial charge in [0.25, 0.3) is 5.91 Å². The number of amides is 2. The molecule has 1 aromatic carbocycles. The molecule has 0 spiro atoms. The molecule has 7 nitrogen and oxygen atoms in total. The van der Waals surface area contributed by atoms with Crippen molar-refractivity contribution < 1.29 is 24.2 Å². The van der Waals surface area contributed by atoms with Crippen LogP contribution in [0.2, 0.25) is 0 Å². The van der Waals surface area contributed by atoms with Gasteiger partial charge >= 0.3 is 5.97 Å². The first kappa shape index (κ1) is 20.7. The Hall–Kier alpha value is -2.57. The molecule has 1 N–H and O–H groups in total. The van der Waals surface area contributed by atoms with Gasteiger partial charge in [0, 0.05) is 26.1 Å². The minimum Gasteiger partial charge on any atom is -0.481 e. The molecule has 0 saturated carbocycles. The summed E-state index contributed by atoms with van der Waals surface area (Å²) >= 11 is 0. The van der Waals surface area contributed by atoms with Gasteiger partial charge in [0.1, 0.15) is 12.3 Å². The smallest absolute Gasteiger partial charge is 0.323 e. The summed E-state index contributed by atoms with van der Waals surface area (Å²) in [5.74, 6) is -0.710. The number of carbonyl (C=O) groups excluding carboxylic acids is 2. The average molecular weight is 376 g/mol. The van der Waals surface area contributed by atoms with Gasteiger partial charge in [0.2, 0.25) is 5.91 Å². The topological polar surface area (TPSA) is 87.2 Å². The number of likely N-dealkylation sites (tertiary alicyclic amines) is 1. The van der Waals surface area contributed by atoms with Crippen molar-refractivity contribution in [1.29, 1.82) is 0 Å². The number of carboxylic acids is 1. The zero-order valence-corrected chi connectivity index (χ0v) is 16.2. The maximum absolute atomic E-state index is 12.8. The molecule has 1 saturated heterocycles. The second-order valence-electron chi connectivity index (χ2n) is 7.03. The Morgan fingerprint density at radius 1 is 1.30 bits per heavy atom. The van der Waals surface area contributed by atoms with E-state index >= 15 is 0 Å². The first-order valence-electron chi connectivity index (χ1n) is 9.29. The fourth-order valence-electron chi connectivity index (χ4n) is 3.45. The van der Waals surface area contributed by atoms with E-state index in [1.54, 1.807) is 11.8 Å². The summed E-state index contributed by atoms with van der Waals surface area (Å²) in [5, 5.41) is 9.03. The molecule has 0 radical (unpaired) electrons. The summed E-state index contributed by atoms with van der Waals surface area (Å²) in [5.41, 5.74) is 1.06. The van der Waals surface area contributed by atoms with E-state index in [1.165, 1.54) is 11.8 Å². The number of hydrogen-bond acceptors (Lipinski definition) is 4. The molecule has 1 heterocycles. The molecule has 0 aromatic heterocycles. The molecule has 0 unspecified atom stereocenters. The van der Waals surface area contributed by atoms with Gasteiger partial charge in [-0.1, -0.05) is 12.1 Å². The van der Waals surface area contributed by atoms with Gasteiger partial charge in [-0.25, -0.2) is 0 Å². The number of aryl methyl sites for hydroxylation is 1. The van der Waals surface area contributed by atoms with Crippen LogP contribution in [0.4, 0.5) is 0 Å². The molecular formula is C20H28N2O5. The Bertz CT molecular complexity index is 691. The van der Waals surface area contributed by atoms with Gasteiger partial charge in [-0.15, -0.1) is 0 Å². The highest BCUT2D eigenvalue weighted by Crippen LogP contribution is 2.20. The van der Waals surface area contributed by atoms with Gasteiger partial charge < -0.3 is 19.6 Å². The quantitative estimate of drug-likeness (QED) is 0.821. The number of carboxylic acid groups (broad SMARTS) is 1. The van der Waals surface area contributed by atoms with Gasteiger partial charge in [0.05, 0.1) is 0 Å². The van der Waals surface area contributed by atoms with Crippen molar-refractivity contribution in [3.05, 3.63) is 29.8 Å². The van der Waals surface area contributed by atoms with Crippen LogP contribution in [-0.4, -0.2) is 64.5 Å². The average Bonchev–Trinajstić information content (AvgIpc) is 2.84. The zero-order valence-electron chi connectivity index (χ0n) is 16.2. The molecule has 1 aromatic rings. The summed E-state index contributed by atoms with van der Waals surface area (Å²) < 4.78 is 5.78. The minimum absolute atomic E-state index is 0.0928. The van der Waals surface area contributed by atoms with Crippen molar-refractivity contribution in [2.24, 2.45) is 0 Å². The number of benzene rings is 1. The van der Waals surface area contributed by atoms with E-state index in [0.29, 0.717) is 31.7 Å². The normalized spacial score (nSPS) is 18.3. The van der Waals surface area contributed by atoms with Crippen LogP contribution in [0.3, 0.4) is 0 Å². The Kier molecular flexibility index (Phi) is 7.21. The Morgan fingerprint density at radius 2 is 2.04 bits per heavy atom. The van der Waals surface area contributed by atoms with E-state index in [2.05, 4.69) is 0 Å². The summed E-state index contributed by atoms with van der Waals surface area (Å²) in [6.45, 7) is 5.84. The highest BCUT2D eigenvalue weighted by molar-refractivity contribution is 5.81. The highest BCUT2D eigenvalue weighted by Gasteiger charge is 2.29. The van der Waals surface area contributed by atoms with Gasteiger partial charge in [-0.2, -0.15) is 0 Å². The predicted molar refractivity (Wildman–Crippen MR) is 101 cm³/mol. The predicted octanol–water partition coefficient (Wildman–Crippen LogP) is 2.08. The highest BCUT2D eigenvalue weighted by atomic mass is 16.5. The van der Waals surface area contributed by atoms with Crippen molar-refractivity contribution in [2.75, 3.05) is 19.6 Å². The van der Waals surface area contributed by atoms with Crippen LogP contribution >= 0.6 is 0 Å². The fourth-order valence-corrected chi connectivity index (χ4v) is 3.45. The van der Waals surface area contributed by atoms with Crippen LogP contribution < -0.4 is 4.74 Å². The Morgan fingerprint density at radius 3 is 2.67 bits per heavy atom. The van der Waals surface area contributed by atoms with E-state index in [-0.39, 0.29) is 24.4 Å². The molecule has 1 aliphatic heterocycles. The lowest BCUT2D eigenvalue weighted by atomic mass is 10.1. The van der Waals surface area contributed by atoms with Crippen molar-refractivity contribution >= 4 is 17.8 Å². The third-order valence-corrected chi connectivity index (χ3v) is 4.81. The van der Waals surface area contributed by atoms with Crippen molar-refractivity contribution in [3.63, 3.8) is 0 Å². The number of carbonyl (C=O) groups is 3. The Labute approximate surface area is 159 Å². The third kappa shape index (κ3) is 5.98. The lowest BCUT2D eigenvalue weighted by Crippen LogP contribution is -2.44. The van der Waals surface area contributed by atoms with E-state index < -0.39 is 12.1 Å². The second-order valence-corrected chi connectivity index (χ2v) is 7.03. The molecule has 27 heavy (non-hydrogen) atoms. The standard InChI is InChI=1S/C20H28N2O5/c1-14-6-4-8-18(12-14)27-15(2)20(26)21-10-5-7-17(9-11-21)22(16(3)23)13-19(24)25/h4,6,8,12,15,17H,5,7,9-11,13H2,1-3H3,(H,24,25)/t15-,17+/m0/s1. The molecule has 1 fully saturated rings. The van der Waals surface area contributed by atoms with E-state index in [4.69, 9.17) is 9.84 Å². The van der Waals surface area contributed by atoms with E-state index in [9.17, 15) is 14.4 Å². The summed E-state index contributed by atoms with van der Waals surface area (Å²) in [4.78, 5) is 38.7. The SMILES string of the molecule is CC(=O)N(CC(=O)O)[C@@H]1CCCN(C(=O)[C@H](C)Oc2cccc(C)c2)CC1. The second kappa shape index (κ2) is 9.39. The van der Waals surface area contributed by atoms with Gasteiger partial charge in [0.15, 0.2) is 6.10 Å². The summed E-state index contributed by atoms with van der Waals surface area (Å²) in [7, 11) is 0. The van der Waals surface area contributed by atoms with Crippen LogP contribution in [0.5, 0.6) is 5.75 Å². The maximum atomic E-state index is 12.8. The lowest BCUT2D eigenvalue weighted by molar-refractivity contribution is -0.145. The lowest BCUT2D eigenvalue weighted by Gasteiger charge is -2.29.